The van der Waals surface area contributed by atoms with E-state index in [1.165, 1.54) is 42.4 Å². The van der Waals surface area contributed by atoms with Crippen LogP contribution in [0.1, 0.15) is 46.5 Å². The van der Waals surface area contributed by atoms with Gasteiger partial charge in [-0.15, -0.1) is 0 Å². The van der Waals surface area contributed by atoms with Crippen molar-refractivity contribution < 1.29 is 0 Å². The Morgan fingerprint density at radius 1 is 0.923 bits per heavy atom. The topological polar surface area (TPSA) is 0 Å². The largest absolute Gasteiger partial charge is 0.0816 e. The first-order valence-corrected chi connectivity index (χ1v) is 5.21. The molecule has 0 aliphatic heterocycles. The minimum Gasteiger partial charge on any atom is -0.0816 e. The second-order valence-corrected chi connectivity index (χ2v) is 4.07. The van der Waals surface area contributed by atoms with Crippen LogP contribution in [0.4, 0.5) is 0 Å². The van der Waals surface area contributed by atoms with Gasteiger partial charge in [0.1, 0.15) is 0 Å². The predicted molar refractivity (Wildman–Crippen MR) is 59.7 cm³/mol. The number of allylic oxidation sites excluding steroid dienone is 6. The number of hydrogen-bond acceptors (Lipinski definition) is 0. The van der Waals surface area contributed by atoms with Gasteiger partial charge in [-0.3, -0.25) is 0 Å². The maximum Gasteiger partial charge on any atom is -0.0320 e. The van der Waals surface area contributed by atoms with Gasteiger partial charge < -0.3 is 0 Å². The Kier molecular flexibility index (Phi) is 4.01. The average molecular weight is 176 g/mol. The second-order valence-electron chi connectivity index (χ2n) is 4.07. The first-order chi connectivity index (χ1) is 6.18. The summed E-state index contributed by atoms with van der Waals surface area (Å²) in [4.78, 5) is 0. The van der Waals surface area contributed by atoms with E-state index in [1.807, 2.05) is 0 Å². The fourth-order valence-electron chi connectivity index (χ4n) is 1.80. The van der Waals surface area contributed by atoms with Gasteiger partial charge in [-0.2, -0.15) is 0 Å². The van der Waals surface area contributed by atoms with Crippen molar-refractivity contribution in [3.8, 4) is 0 Å². The predicted octanol–water partition coefficient (Wildman–Crippen LogP) is 4.40. The molecule has 0 atom stereocenters. The molecule has 13 heavy (non-hydrogen) atoms. The van der Waals surface area contributed by atoms with Crippen molar-refractivity contribution in [1.82, 2.24) is 0 Å². The van der Waals surface area contributed by atoms with Crippen molar-refractivity contribution in [1.29, 1.82) is 0 Å². The van der Waals surface area contributed by atoms with Crippen LogP contribution in [0.3, 0.4) is 0 Å². The molecule has 0 aromatic carbocycles. The summed E-state index contributed by atoms with van der Waals surface area (Å²) in [5.41, 5.74) is 4.31. The van der Waals surface area contributed by atoms with Gasteiger partial charge in [0.2, 0.25) is 0 Å². The third-order valence-corrected chi connectivity index (χ3v) is 2.42. The molecule has 0 radical (unpaired) electrons. The van der Waals surface area contributed by atoms with Crippen LogP contribution >= 0.6 is 0 Å². The summed E-state index contributed by atoms with van der Waals surface area (Å²) in [6.45, 7) is 6.61. The van der Waals surface area contributed by atoms with E-state index in [4.69, 9.17) is 0 Å². The molecule has 0 fully saturated rings. The third-order valence-electron chi connectivity index (χ3n) is 2.42. The summed E-state index contributed by atoms with van der Waals surface area (Å²) in [5.74, 6) is 0. The molecule has 0 aromatic rings. The van der Waals surface area contributed by atoms with E-state index >= 15 is 0 Å². The van der Waals surface area contributed by atoms with Crippen LogP contribution in [0.25, 0.3) is 0 Å². The maximum atomic E-state index is 2.35. The van der Waals surface area contributed by atoms with E-state index in [-0.39, 0.29) is 0 Å². The molecule has 0 unspecified atom stereocenters. The summed E-state index contributed by atoms with van der Waals surface area (Å²) in [6.07, 6.45) is 12.1. The molecule has 0 N–H and O–H groups in total. The van der Waals surface area contributed by atoms with Gasteiger partial charge in [0.25, 0.3) is 0 Å². The van der Waals surface area contributed by atoms with Gasteiger partial charge in [0.05, 0.1) is 0 Å². The minimum absolute atomic E-state index is 1.24. The van der Waals surface area contributed by atoms with Crippen molar-refractivity contribution in [2.24, 2.45) is 0 Å². The molecule has 0 bridgehead atoms. The van der Waals surface area contributed by atoms with E-state index in [0.717, 1.165) is 0 Å². The van der Waals surface area contributed by atoms with Crippen LogP contribution in [-0.4, -0.2) is 0 Å². The van der Waals surface area contributed by atoms with Gasteiger partial charge in [0.15, 0.2) is 0 Å². The molecule has 0 heteroatoms. The Bertz CT molecular complexity index is 251. The van der Waals surface area contributed by atoms with Crippen molar-refractivity contribution in [3.63, 3.8) is 0 Å². The highest BCUT2D eigenvalue weighted by Gasteiger charge is 1.95. The second kappa shape index (κ2) is 5.06. The fraction of sp³-hybridized carbons (Fsp3) is 0.538. The van der Waals surface area contributed by atoms with Gasteiger partial charge >= 0.3 is 0 Å². The molecule has 1 rings (SSSR count). The van der Waals surface area contributed by atoms with Crippen LogP contribution in [0.5, 0.6) is 0 Å². The summed E-state index contributed by atoms with van der Waals surface area (Å²) >= 11 is 0. The zero-order valence-corrected chi connectivity index (χ0v) is 9.06. The Morgan fingerprint density at radius 3 is 2.46 bits per heavy atom. The van der Waals surface area contributed by atoms with Crippen LogP contribution in [0.15, 0.2) is 34.9 Å². The maximum absolute atomic E-state index is 2.35. The van der Waals surface area contributed by atoms with E-state index in [1.54, 1.807) is 0 Å². The normalized spacial score (nSPS) is 20.1. The molecule has 0 amide bonds. The van der Waals surface area contributed by atoms with Crippen molar-refractivity contribution >= 4 is 0 Å². The molecular formula is C13H20. The van der Waals surface area contributed by atoms with Crippen LogP contribution in [0.2, 0.25) is 0 Å². The highest BCUT2D eigenvalue weighted by Crippen LogP contribution is 2.15. The molecular weight excluding hydrogens is 156 g/mol. The lowest BCUT2D eigenvalue weighted by molar-refractivity contribution is 0.739. The highest BCUT2D eigenvalue weighted by atomic mass is 14.0. The zero-order chi connectivity index (χ0) is 9.68. The SMILES string of the molecule is CC1=CCCCCC(C)=CC(C)=C1. The first-order valence-electron chi connectivity index (χ1n) is 5.21. The van der Waals surface area contributed by atoms with Gasteiger partial charge in [0, 0.05) is 0 Å². The average Bonchev–Trinajstić information content (AvgIpc) is 2.02. The first kappa shape index (κ1) is 10.3. The van der Waals surface area contributed by atoms with E-state index in [0.29, 0.717) is 0 Å². The van der Waals surface area contributed by atoms with Crippen LogP contribution in [-0.2, 0) is 0 Å². The summed E-state index contributed by atoms with van der Waals surface area (Å²) < 4.78 is 0. The van der Waals surface area contributed by atoms with Gasteiger partial charge in [-0.05, 0) is 46.5 Å². The lowest BCUT2D eigenvalue weighted by Crippen LogP contribution is -1.84. The van der Waals surface area contributed by atoms with Crippen LogP contribution < -0.4 is 0 Å². The molecule has 1 aliphatic rings. The van der Waals surface area contributed by atoms with E-state index in [2.05, 4.69) is 39.0 Å². The smallest absolute Gasteiger partial charge is 0.0320 e. The summed E-state index contributed by atoms with van der Waals surface area (Å²) in [6, 6.07) is 0. The number of hydrogen-bond donors (Lipinski definition) is 0. The molecule has 0 aromatic heterocycles. The quantitative estimate of drug-likeness (QED) is 0.513. The molecule has 0 nitrogen and oxygen atoms in total. The van der Waals surface area contributed by atoms with Gasteiger partial charge in [-0.1, -0.05) is 34.9 Å². The van der Waals surface area contributed by atoms with Crippen LogP contribution in [0, 0.1) is 0 Å². The van der Waals surface area contributed by atoms with Crippen molar-refractivity contribution in [2.75, 3.05) is 0 Å². The fourth-order valence-corrected chi connectivity index (χ4v) is 1.80. The molecule has 0 saturated heterocycles. The zero-order valence-electron chi connectivity index (χ0n) is 9.06. The Morgan fingerprint density at radius 2 is 1.69 bits per heavy atom. The minimum atomic E-state index is 1.24. The Labute approximate surface area is 82.0 Å². The molecule has 0 saturated carbocycles. The Balaban J connectivity index is 2.81. The summed E-state index contributed by atoms with van der Waals surface area (Å²) in [5, 5.41) is 0. The van der Waals surface area contributed by atoms with Crippen molar-refractivity contribution in [2.45, 2.75) is 46.5 Å². The lowest BCUT2D eigenvalue weighted by atomic mass is 10.0. The lowest BCUT2D eigenvalue weighted by Gasteiger charge is -2.04. The van der Waals surface area contributed by atoms with E-state index in [9.17, 15) is 0 Å². The molecule has 72 valence electrons. The number of rotatable bonds is 0. The monoisotopic (exact) mass is 176 g/mol. The van der Waals surface area contributed by atoms with E-state index < -0.39 is 0 Å². The third kappa shape index (κ3) is 4.12. The summed E-state index contributed by atoms with van der Waals surface area (Å²) in [7, 11) is 0. The molecule has 1 aliphatic carbocycles. The Hall–Kier alpha value is -0.780. The van der Waals surface area contributed by atoms with Crippen molar-refractivity contribution in [3.05, 3.63) is 34.9 Å². The molecule has 0 heterocycles. The van der Waals surface area contributed by atoms with Gasteiger partial charge in [-0.25, -0.2) is 0 Å². The standard InChI is InChI=1S/C13H20/c1-11-7-5-4-6-8-12(2)10-13(3)9-11/h7,9-10H,4-6,8H2,1-3H3. The molecule has 0 spiro atoms. The highest BCUT2D eigenvalue weighted by molar-refractivity contribution is 5.29.